The van der Waals surface area contributed by atoms with Gasteiger partial charge in [0.2, 0.25) is 0 Å². The van der Waals surface area contributed by atoms with Crippen molar-refractivity contribution in [3.63, 3.8) is 0 Å². The van der Waals surface area contributed by atoms with Crippen molar-refractivity contribution in [2.75, 3.05) is 18.0 Å². The van der Waals surface area contributed by atoms with E-state index in [-0.39, 0.29) is 24.1 Å². The van der Waals surface area contributed by atoms with Crippen molar-refractivity contribution in [3.05, 3.63) is 96.1 Å². The fraction of sp³-hybridized carbons (Fsp3) is 0.286. The molecule has 3 aromatic carbocycles. The van der Waals surface area contributed by atoms with Gasteiger partial charge in [0, 0.05) is 26.2 Å². The number of nitrogens with zero attached hydrogens (tertiary/aromatic N) is 4. The quantitative estimate of drug-likeness (QED) is 0.535. The third-order valence-electron chi connectivity index (χ3n) is 7.30. The van der Waals surface area contributed by atoms with Gasteiger partial charge in [0.1, 0.15) is 0 Å². The van der Waals surface area contributed by atoms with Crippen LogP contribution in [0, 0.1) is 0 Å². The number of likely N-dealkylation sites (tertiary alicyclic amines) is 1. The predicted octanol–water partition coefficient (Wildman–Crippen LogP) is 5.23. The third-order valence-corrected chi connectivity index (χ3v) is 7.30. The summed E-state index contributed by atoms with van der Waals surface area (Å²) >= 11 is 0. The van der Waals surface area contributed by atoms with Gasteiger partial charge >= 0.3 is 12.1 Å². The zero-order valence-electron chi connectivity index (χ0n) is 19.1. The maximum atomic E-state index is 13.8. The van der Waals surface area contributed by atoms with Crippen molar-refractivity contribution in [1.82, 2.24) is 14.7 Å². The molecule has 0 saturated carbocycles. The predicted molar refractivity (Wildman–Crippen MR) is 132 cm³/mol. The Kier molecular flexibility index (Phi) is 5.21. The molecule has 0 aliphatic carbocycles. The highest BCUT2D eigenvalue weighted by Gasteiger charge is 2.46. The van der Waals surface area contributed by atoms with E-state index in [0.717, 1.165) is 24.2 Å². The molecule has 0 radical (unpaired) electrons. The zero-order chi connectivity index (χ0) is 23.1. The summed E-state index contributed by atoms with van der Waals surface area (Å²) in [5, 5.41) is 0. The van der Waals surface area contributed by atoms with E-state index in [4.69, 9.17) is 0 Å². The summed E-state index contributed by atoms with van der Waals surface area (Å²) in [6, 6.07) is 28.1. The molecule has 2 fully saturated rings. The lowest BCUT2D eigenvalue weighted by atomic mass is 10.1. The van der Waals surface area contributed by atoms with E-state index in [1.54, 1.807) is 4.90 Å². The van der Waals surface area contributed by atoms with Crippen LogP contribution in [0.3, 0.4) is 0 Å². The van der Waals surface area contributed by atoms with Crippen LogP contribution in [0.25, 0.3) is 0 Å². The van der Waals surface area contributed by atoms with Crippen molar-refractivity contribution >= 4 is 23.4 Å². The maximum absolute atomic E-state index is 13.8. The Morgan fingerprint density at radius 1 is 0.647 bits per heavy atom. The van der Waals surface area contributed by atoms with Gasteiger partial charge in [-0.2, -0.15) is 0 Å². The SMILES string of the molecule is O=C(N1CC2CCC(C1)N2C(=O)N1Cc2ccccc2C1)N(c1ccccc1)c1ccccc1. The highest BCUT2D eigenvalue weighted by molar-refractivity contribution is 5.99. The summed E-state index contributed by atoms with van der Waals surface area (Å²) < 4.78 is 0. The topological polar surface area (TPSA) is 47.1 Å². The number of carbonyl (C=O) groups is 2. The first-order valence-corrected chi connectivity index (χ1v) is 12.0. The largest absolute Gasteiger partial charge is 0.329 e. The first-order valence-electron chi connectivity index (χ1n) is 12.0. The number of benzene rings is 3. The Labute approximate surface area is 200 Å². The van der Waals surface area contributed by atoms with Crippen LogP contribution in [0.15, 0.2) is 84.9 Å². The second-order valence-electron chi connectivity index (χ2n) is 9.39. The van der Waals surface area contributed by atoms with Crippen LogP contribution >= 0.6 is 0 Å². The number of fused-ring (bicyclic) bond motifs is 3. The Morgan fingerprint density at radius 3 is 1.62 bits per heavy atom. The van der Waals surface area contributed by atoms with Crippen molar-refractivity contribution in [2.24, 2.45) is 0 Å². The second kappa shape index (κ2) is 8.52. The molecule has 3 aliphatic heterocycles. The van der Waals surface area contributed by atoms with Gasteiger partial charge in [-0.25, -0.2) is 9.59 Å². The Hall–Kier alpha value is -3.80. The fourth-order valence-electron chi connectivity index (χ4n) is 5.67. The number of para-hydroxylation sites is 2. The number of piperazine rings is 1. The van der Waals surface area contributed by atoms with E-state index in [9.17, 15) is 9.59 Å². The van der Waals surface area contributed by atoms with Crippen LogP contribution in [0.4, 0.5) is 21.0 Å². The smallest absolute Gasteiger partial charge is 0.320 e. The monoisotopic (exact) mass is 452 g/mol. The molecule has 6 rings (SSSR count). The minimum absolute atomic E-state index is 0.0324. The zero-order valence-corrected chi connectivity index (χ0v) is 19.1. The average molecular weight is 453 g/mol. The minimum Gasteiger partial charge on any atom is -0.320 e. The summed E-state index contributed by atoms with van der Waals surface area (Å²) in [6.07, 6.45) is 1.88. The molecular formula is C28H28N4O2. The number of amides is 4. The van der Waals surface area contributed by atoms with Crippen molar-refractivity contribution < 1.29 is 9.59 Å². The number of hydrogen-bond acceptors (Lipinski definition) is 2. The molecule has 3 heterocycles. The molecule has 0 N–H and O–H groups in total. The van der Waals surface area contributed by atoms with Gasteiger partial charge in [-0.05, 0) is 48.2 Å². The summed E-state index contributed by atoms with van der Waals surface area (Å²) in [6.45, 7) is 2.48. The Balaban J connectivity index is 1.21. The van der Waals surface area contributed by atoms with E-state index in [1.165, 1.54) is 11.1 Å². The highest BCUT2D eigenvalue weighted by atomic mass is 16.2. The number of rotatable bonds is 2. The standard InChI is InChI=1S/C28H28N4O2/c33-27(29-17-21-9-7-8-10-22(21)18-29)32-25-15-16-26(32)20-30(19-25)28(34)31(23-11-3-1-4-12-23)24-13-5-2-6-14-24/h1-14,25-26H,15-20H2. The summed E-state index contributed by atoms with van der Waals surface area (Å²) in [4.78, 5) is 35.1. The number of hydrogen-bond donors (Lipinski definition) is 0. The normalized spacial score (nSPS) is 20.9. The maximum Gasteiger partial charge on any atom is 0.329 e. The van der Waals surface area contributed by atoms with Gasteiger partial charge in [0.25, 0.3) is 0 Å². The molecule has 3 aliphatic rings. The Bertz CT molecular complexity index is 1120. The van der Waals surface area contributed by atoms with Crippen LogP contribution in [0.5, 0.6) is 0 Å². The van der Waals surface area contributed by atoms with Crippen molar-refractivity contribution in [2.45, 2.75) is 38.0 Å². The first-order chi connectivity index (χ1) is 16.7. The summed E-state index contributed by atoms with van der Waals surface area (Å²) in [5.74, 6) is 0. The molecule has 2 bridgehead atoms. The average Bonchev–Trinajstić information content (AvgIpc) is 3.43. The van der Waals surface area contributed by atoms with Crippen LogP contribution in [0.2, 0.25) is 0 Å². The van der Waals surface area contributed by atoms with Crippen LogP contribution < -0.4 is 4.90 Å². The molecule has 2 atom stereocenters. The molecule has 6 nitrogen and oxygen atoms in total. The van der Waals surface area contributed by atoms with E-state index in [1.807, 2.05) is 82.6 Å². The van der Waals surface area contributed by atoms with Crippen LogP contribution in [0.1, 0.15) is 24.0 Å². The number of urea groups is 2. The van der Waals surface area contributed by atoms with Crippen molar-refractivity contribution in [3.8, 4) is 0 Å². The molecular weight excluding hydrogens is 424 g/mol. The van der Waals surface area contributed by atoms with E-state index in [0.29, 0.717) is 26.2 Å². The van der Waals surface area contributed by atoms with E-state index >= 15 is 0 Å². The van der Waals surface area contributed by atoms with Gasteiger partial charge in [-0.3, -0.25) is 4.90 Å². The Morgan fingerprint density at radius 2 is 1.12 bits per heavy atom. The van der Waals surface area contributed by atoms with Gasteiger partial charge < -0.3 is 14.7 Å². The van der Waals surface area contributed by atoms with Crippen LogP contribution in [-0.2, 0) is 13.1 Å². The van der Waals surface area contributed by atoms with Gasteiger partial charge in [-0.1, -0.05) is 60.7 Å². The van der Waals surface area contributed by atoms with E-state index in [2.05, 4.69) is 17.0 Å². The molecule has 0 spiro atoms. The van der Waals surface area contributed by atoms with Crippen LogP contribution in [-0.4, -0.2) is 51.9 Å². The summed E-state index contributed by atoms with van der Waals surface area (Å²) in [5.41, 5.74) is 4.16. The third kappa shape index (κ3) is 3.59. The van der Waals surface area contributed by atoms with Gasteiger partial charge in [0.05, 0.1) is 23.5 Å². The fourth-order valence-corrected chi connectivity index (χ4v) is 5.67. The molecule has 2 unspecified atom stereocenters. The van der Waals surface area contributed by atoms with E-state index < -0.39 is 0 Å². The molecule has 4 amide bonds. The van der Waals surface area contributed by atoms with Crippen molar-refractivity contribution in [1.29, 1.82) is 0 Å². The van der Waals surface area contributed by atoms with Gasteiger partial charge in [-0.15, -0.1) is 0 Å². The second-order valence-corrected chi connectivity index (χ2v) is 9.39. The molecule has 3 aromatic rings. The lowest BCUT2D eigenvalue weighted by Crippen LogP contribution is -2.60. The van der Waals surface area contributed by atoms with Gasteiger partial charge in [0.15, 0.2) is 0 Å². The number of carbonyl (C=O) groups excluding carboxylic acids is 2. The molecule has 2 saturated heterocycles. The summed E-state index contributed by atoms with van der Waals surface area (Å²) in [7, 11) is 0. The molecule has 34 heavy (non-hydrogen) atoms. The first kappa shape index (κ1) is 20.8. The lowest BCUT2D eigenvalue weighted by Gasteiger charge is -2.43. The lowest BCUT2D eigenvalue weighted by molar-refractivity contribution is 0.0815. The highest BCUT2D eigenvalue weighted by Crippen LogP contribution is 2.35. The molecule has 172 valence electrons. The molecule has 0 aromatic heterocycles. The minimum atomic E-state index is -0.0324. The molecule has 6 heteroatoms. The number of anilines is 2.